The average Bonchev–Trinajstić information content (AvgIpc) is 4.10. The zero-order chi connectivity index (χ0) is 47.4. The van der Waals surface area contributed by atoms with E-state index in [2.05, 4.69) is 254 Å². The number of hydrogen-bond acceptors (Lipinski definition) is 4. The summed E-state index contributed by atoms with van der Waals surface area (Å²) < 4.78 is 16.2. The third kappa shape index (κ3) is 6.33. The normalized spacial score (nSPS) is 12.2. The number of benzene rings is 11. The van der Waals surface area contributed by atoms with Gasteiger partial charge in [-0.25, -0.2) is 0 Å². The Balaban J connectivity index is 1.14. The summed E-state index contributed by atoms with van der Waals surface area (Å²) in [5, 5.41) is 11.3. The quantitative estimate of drug-likeness (QED) is 0.160. The smallest absolute Gasteiger partial charge is 0.159 e. The summed E-state index contributed by atoms with van der Waals surface area (Å²) in [6.07, 6.45) is 0. The highest BCUT2D eigenvalue weighted by Gasteiger charge is 2.28. The monoisotopic (exact) mass is 913 g/mol. The van der Waals surface area contributed by atoms with Crippen LogP contribution in [-0.4, -0.2) is 4.57 Å². The molecule has 0 fully saturated rings. The van der Waals surface area contributed by atoms with E-state index < -0.39 is 0 Å². The fourth-order valence-corrected chi connectivity index (χ4v) is 11.2. The van der Waals surface area contributed by atoms with Gasteiger partial charge in [-0.15, -0.1) is 0 Å². The van der Waals surface area contributed by atoms with Crippen molar-refractivity contribution in [2.75, 3.05) is 9.80 Å². The Morgan fingerprint density at radius 1 is 0.338 bits per heavy atom. The van der Waals surface area contributed by atoms with Gasteiger partial charge in [0.1, 0.15) is 11.2 Å². The van der Waals surface area contributed by atoms with Gasteiger partial charge in [0.25, 0.3) is 0 Å². The summed E-state index contributed by atoms with van der Waals surface area (Å²) in [6, 6.07) is 83.0. The van der Waals surface area contributed by atoms with Crippen LogP contribution >= 0.6 is 0 Å². The first-order valence-electron chi connectivity index (χ1n) is 24.4. The molecule has 0 N–H and O–H groups in total. The van der Waals surface area contributed by atoms with E-state index in [0.717, 1.165) is 116 Å². The summed E-state index contributed by atoms with van der Waals surface area (Å²) in [7, 11) is 0. The molecule has 14 rings (SSSR count). The average molecular weight is 914 g/mol. The molecule has 71 heavy (non-hydrogen) atoms. The molecule has 338 valence electrons. The molecule has 3 heterocycles. The number of nitrogens with zero attached hydrogens (tertiary/aromatic N) is 3. The molecule has 5 heteroatoms. The van der Waals surface area contributed by atoms with Gasteiger partial charge < -0.3 is 23.2 Å². The largest absolute Gasteiger partial charge is 0.454 e. The summed E-state index contributed by atoms with van der Waals surface area (Å²) in [6.45, 7) is 6.84. The molecule has 0 saturated heterocycles. The van der Waals surface area contributed by atoms with Gasteiger partial charge in [0.2, 0.25) is 0 Å². The third-order valence-electron chi connectivity index (χ3n) is 14.5. The SMILES string of the molecule is CC(C)(C)c1ccc(-n2c3cc(N(c4ccccc4)c4cccc5c4oc4ccccc45)c4ccccc4c3c3c4ccccc4c(N(c4ccccc4)c4cccc5c4oc4ccccc45)cc32)cc1. The summed E-state index contributed by atoms with van der Waals surface area (Å²) in [5.41, 5.74) is 14.1. The van der Waals surface area contributed by atoms with Crippen LogP contribution in [0.4, 0.5) is 34.1 Å². The van der Waals surface area contributed by atoms with Crippen LogP contribution in [0.1, 0.15) is 26.3 Å². The van der Waals surface area contributed by atoms with Gasteiger partial charge in [-0.2, -0.15) is 0 Å². The number of fused-ring (bicyclic) bond motifs is 13. The fourth-order valence-electron chi connectivity index (χ4n) is 11.2. The highest BCUT2D eigenvalue weighted by Crippen LogP contribution is 2.52. The second kappa shape index (κ2) is 15.7. The Bertz CT molecular complexity index is 4130. The van der Waals surface area contributed by atoms with Gasteiger partial charge in [-0.3, -0.25) is 0 Å². The Kier molecular flexibility index (Phi) is 9.08. The van der Waals surface area contributed by atoms with E-state index in [0.29, 0.717) is 0 Å². The predicted octanol–water partition coefficient (Wildman–Crippen LogP) is 19.1. The topological polar surface area (TPSA) is 37.7 Å². The highest BCUT2D eigenvalue weighted by molar-refractivity contribution is 6.32. The molecule has 11 aromatic carbocycles. The highest BCUT2D eigenvalue weighted by atomic mass is 16.3. The maximum Gasteiger partial charge on any atom is 0.159 e. The molecule has 0 unspecified atom stereocenters. The molecule has 0 bridgehead atoms. The van der Waals surface area contributed by atoms with Crippen molar-refractivity contribution in [2.24, 2.45) is 0 Å². The molecule has 0 radical (unpaired) electrons. The molecule has 0 spiro atoms. The van der Waals surface area contributed by atoms with E-state index >= 15 is 0 Å². The van der Waals surface area contributed by atoms with Crippen LogP contribution < -0.4 is 9.80 Å². The molecule has 5 nitrogen and oxygen atoms in total. The van der Waals surface area contributed by atoms with Crippen LogP contribution in [0, 0.1) is 0 Å². The standard InChI is InChI=1S/C66H47N3O2/c1-66(2,3)42-36-38-45(39-37-42)69-58-40-56(67(43-20-6-4-7-21-43)54-32-18-30-52-48-26-14-16-34-60(48)70-64(52)54)46-24-10-12-28-50(46)62(58)63-51-29-13-11-25-47(51)57(41-59(63)69)68(44-22-8-5-9-23-44)55-33-19-31-53-49-27-15-17-35-61(49)71-65(53)55/h4-41H,1-3H3. The van der Waals surface area contributed by atoms with Crippen molar-refractivity contribution in [3.05, 3.63) is 236 Å². The number of furan rings is 2. The van der Waals surface area contributed by atoms with Gasteiger partial charge in [-0.05, 0) is 94.5 Å². The van der Waals surface area contributed by atoms with Crippen molar-refractivity contribution in [3.63, 3.8) is 0 Å². The first-order valence-corrected chi connectivity index (χ1v) is 24.4. The number of hydrogen-bond donors (Lipinski definition) is 0. The van der Waals surface area contributed by atoms with Crippen LogP contribution in [0.15, 0.2) is 239 Å². The Labute approximate surface area is 410 Å². The van der Waals surface area contributed by atoms with E-state index in [1.807, 2.05) is 12.1 Å². The molecular weight excluding hydrogens is 867 g/mol. The molecular formula is C66H47N3O2. The molecule has 14 aromatic rings. The van der Waals surface area contributed by atoms with E-state index in [9.17, 15) is 0 Å². The molecule has 0 saturated carbocycles. The lowest BCUT2D eigenvalue weighted by molar-refractivity contribution is 0.590. The first-order chi connectivity index (χ1) is 34.9. The second-order valence-electron chi connectivity index (χ2n) is 19.6. The van der Waals surface area contributed by atoms with E-state index in [-0.39, 0.29) is 5.41 Å². The van der Waals surface area contributed by atoms with Crippen molar-refractivity contribution in [2.45, 2.75) is 26.2 Å². The van der Waals surface area contributed by atoms with Gasteiger partial charge >= 0.3 is 0 Å². The predicted molar refractivity (Wildman–Crippen MR) is 298 cm³/mol. The Morgan fingerprint density at radius 2 is 0.718 bits per heavy atom. The molecule has 0 aliphatic carbocycles. The molecule has 3 aromatic heterocycles. The molecule has 0 amide bonds. The van der Waals surface area contributed by atoms with E-state index in [1.165, 1.54) is 16.3 Å². The van der Waals surface area contributed by atoms with Crippen molar-refractivity contribution >= 4 is 121 Å². The van der Waals surface area contributed by atoms with E-state index in [4.69, 9.17) is 8.83 Å². The van der Waals surface area contributed by atoms with Crippen molar-refractivity contribution in [3.8, 4) is 5.69 Å². The number of aromatic nitrogens is 1. The minimum Gasteiger partial charge on any atom is -0.454 e. The van der Waals surface area contributed by atoms with Crippen LogP contribution in [0.25, 0.3) is 92.9 Å². The lowest BCUT2D eigenvalue weighted by Crippen LogP contribution is -2.12. The third-order valence-corrected chi connectivity index (χ3v) is 14.5. The summed E-state index contributed by atoms with van der Waals surface area (Å²) in [5.74, 6) is 0. The minimum atomic E-state index is -0.0200. The molecule has 0 aliphatic heterocycles. The van der Waals surface area contributed by atoms with Crippen LogP contribution in [0.2, 0.25) is 0 Å². The van der Waals surface area contributed by atoms with Crippen LogP contribution in [-0.2, 0) is 5.41 Å². The first kappa shape index (κ1) is 41.0. The Hall–Kier alpha value is -9.06. The van der Waals surface area contributed by atoms with Crippen molar-refractivity contribution < 1.29 is 8.83 Å². The zero-order valence-electron chi connectivity index (χ0n) is 39.6. The molecule has 0 atom stereocenters. The summed E-state index contributed by atoms with van der Waals surface area (Å²) >= 11 is 0. The van der Waals surface area contributed by atoms with Gasteiger partial charge in [0, 0.05) is 60.2 Å². The number of rotatable bonds is 7. The molecule has 0 aliphatic rings. The van der Waals surface area contributed by atoms with Crippen LogP contribution in [0.3, 0.4) is 0 Å². The maximum absolute atomic E-state index is 6.83. The van der Waals surface area contributed by atoms with Gasteiger partial charge in [0.15, 0.2) is 11.2 Å². The number of anilines is 6. The van der Waals surface area contributed by atoms with Crippen molar-refractivity contribution in [1.82, 2.24) is 4.57 Å². The lowest BCUT2D eigenvalue weighted by Gasteiger charge is -2.27. The van der Waals surface area contributed by atoms with Crippen LogP contribution in [0.5, 0.6) is 0 Å². The maximum atomic E-state index is 6.83. The second-order valence-corrected chi connectivity index (χ2v) is 19.6. The fraction of sp³-hybridized carbons (Fsp3) is 0.0606. The zero-order valence-corrected chi connectivity index (χ0v) is 39.6. The van der Waals surface area contributed by atoms with Crippen molar-refractivity contribution in [1.29, 1.82) is 0 Å². The summed E-state index contributed by atoms with van der Waals surface area (Å²) in [4.78, 5) is 4.79. The van der Waals surface area contributed by atoms with Gasteiger partial charge in [-0.1, -0.05) is 178 Å². The Morgan fingerprint density at radius 3 is 1.15 bits per heavy atom. The van der Waals surface area contributed by atoms with Gasteiger partial charge in [0.05, 0.1) is 33.8 Å². The lowest BCUT2D eigenvalue weighted by atomic mass is 9.87. The minimum absolute atomic E-state index is 0.0200. The number of para-hydroxylation sites is 6. The van der Waals surface area contributed by atoms with E-state index in [1.54, 1.807) is 0 Å².